The monoisotopic (exact) mass is 470 g/mol. The number of carbonyl (C=O) groups excluding carboxylic acids is 1. The van der Waals surface area contributed by atoms with Gasteiger partial charge < -0.3 is 16.0 Å². The zero-order valence-corrected chi connectivity index (χ0v) is 20.5. The molecule has 186 valence electrons. The summed E-state index contributed by atoms with van der Waals surface area (Å²) in [6, 6.07) is 0. The van der Waals surface area contributed by atoms with Gasteiger partial charge in [-0.05, 0) is 76.2 Å². The minimum atomic E-state index is -0.372. The number of amides is 1. The van der Waals surface area contributed by atoms with E-state index in [-0.39, 0.29) is 28.0 Å². The minimum Gasteiger partial charge on any atom is -0.356 e. The van der Waals surface area contributed by atoms with E-state index in [1.165, 1.54) is 11.0 Å². The molecule has 2 aromatic heterocycles. The number of nitrogens with two attached hydrogens (primary N) is 1. The lowest BCUT2D eigenvalue weighted by Crippen LogP contribution is -2.59. The summed E-state index contributed by atoms with van der Waals surface area (Å²) in [5.74, 6) is 1.93. The van der Waals surface area contributed by atoms with Crippen LogP contribution in [-0.4, -0.2) is 38.1 Å². The lowest BCUT2D eigenvalue weighted by molar-refractivity contribution is -0.149. The standard InChI is InChI=1S/C25H38N6O3/c1-3-8-30-19-18(20(32)31(9-4-2)23(30)34)28-21(29-19)24-11-16-10-17(12-24)14-25(13-16,15-24)22(33)27-7-5-6-26/h16-17H,3-15,26H2,1-2H3,(H,27,33)(H,28,29). The Bertz CT molecular complexity index is 1190. The Morgan fingerprint density at radius 1 is 1.12 bits per heavy atom. The third-order valence-corrected chi connectivity index (χ3v) is 8.47. The van der Waals surface area contributed by atoms with Crippen LogP contribution in [0.3, 0.4) is 0 Å². The number of imidazole rings is 1. The number of hydrogen-bond donors (Lipinski definition) is 3. The maximum absolute atomic E-state index is 13.4. The summed E-state index contributed by atoms with van der Waals surface area (Å²) in [5, 5.41) is 3.15. The highest BCUT2D eigenvalue weighted by molar-refractivity contribution is 5.83. The topological polar surface area (TPSA) is 128 Å². The second-order valence-electron chi connectivity index (χ2n) is 11.1. The third-order valence-electron chi connectivity index (χ3n) is 8.47. The molecule has 2 atom stereocenters. The summed E-state index contributed by atoms with van der Waals surface area (Å²) in [6.45, 7) is 6.09. The Kier molecular flexibility index (Phi) is 5.94. The van der Waals surface area contributed by atoms with Gasteiger partial charge in [0.2, 0.25) is 5.91 Å². The summed E-state index contributed by atoms with van der Waals surface area (Å²) < 4.78 is 2.99. The molecule has 2 unspecified atom stereocenters. The smallest absolute Gasteiger partial charge is 0.332 e. The molecular weight excluding hydrogens is 432 g/mol. The van der Waals surface area contributed by atoms with E-state index in [0.717, 1.165) is 50.8 Å². The van der Waals surface area contributed by atoms with Gasteiger partial charge >= 0.3 is 5.69 Å². The van der Waals surface area contributed by atoms with E-state index in [9.17, 15) is 14.4 Å². The molecular formula is C25H38N6O3. The van der Waals surface area contributed by atoms with E-state index in [1.807, 2.05) is 13.8 Å². The highest BCUT2D eigenvalue weighted by atomic mass is 16.2. The Balaban J connectivity index is 1.59. The Hall–Kier alpha value is -2.42. The molecule has 4 saturated carbocycles. The van der Waals surface area contributed by atoms with E-state index >= 15 is 0 Å². The average Bonchev–Trinajstić information content (AvgIpc) is 3.25. The number of hydrogen-bond acceptors (Lipinski definition) is 5. The SMILES string of the molecule is CCCn1c(=O)c2[nH]c(C34CC5CC(CC(C(=O)NCCCN)(C5)C3)C4)nc2n(CCC)c1=O. The molecule has 0 aliphatic heterocycles. The quantitative estimate of drug-likeness (QED) is 0.483. The Morgan fingerprint density at radius 2 is 1.79 bits per heavy atom. The summed E-state index contributed by atoms with van der Waals surface area (Å²) in [6.07, 6.45) is 8.04. The molecule has 34 heavy (non-hydrogen) atoms. The summed E-state index contributed by atoms with van der Waals surface area (Å²) in [4.78, 5) is 48.1. The number of aryl methyl sites for hydroxylation is 1. The van der Waals surface area contributed by atoms with E-state index in [2.05, 4.69) is 10.3 Å². The van der Waals surface area contributed by atoms with Crippen LogP contribution in [0.2, 0.25) is 0 Å². The van der Waals surface area contributed by atoms with Crippen molar-refractivity contribution in [2.24, 2.45) is 23.0 Å². The van der Waals surface area contributed by atoms with Crippen LogP contribution in [0.4, 0.5) is 0 Å². The van der Waals surface area contributed by atoms with Crippen LogP contribution >= 0.6 is 0 Å². The van der Waals surface area contributed by atoms with Crippen molar-refractivity contribution in [1.82, 2.24) is 24.4 Å². The fourth-order valence-electron chi connectivity index (χ4n) is 7.56. The fraction of sp³-hybridized carbons (Fsp3) is 0.760. The van der Waals surface area contributed by atoms with E-state index in [1.54, 1.807) is 4.57 Å². The Labute approximate surface area is 199 Å². The van der Waals surface area contributed by atoms with Crippen LogP contribution in [-0.2, 0) is 23.3 Å². The van der Waals surface area contributed by atoms with Crippen molar-refractivity contribution in [3.05, 3.63) is 26.7 Å². The number of fused-ring (bicyclic) bond motifs is 1. The van der Waals surface area contributed by atoms with Gasteiger partial charge in [0.1, 0.15) is 11.3 Å². The van der Waals surface area contributed by atoms with Gasteiger partial charge in [0.05, 0.1) is 5.41 Å². The van der Waals surface area contributed by atoms with Crippen LogP contribution in [0, 0.1) is 17.3 Å². The average molecular weight is 471 g/mol. The minimum absolute atomic E-state index is 0.156. The van der Waals surface area contributed by atoms with Crippen molar-refractivity contribution in [3.8, 4) is 0 Å². The molecule has 0 aromatic carbocycles. The zero-order valence-electron chi connectivity index (χ0n) is 20.5. The normalized spacial score (nSPS) is 29.7. The maximum Gasteiger partial charge on any atom is 0.332 e. The molecule has 4 bridgehead atoms. The second kappa shape index (κ2) is 8.66. The summed E-state index contributed by atoms with van der Waals surface area (Å²) in [5.41, 5.74) is 5.34. The molecule has 1 amide bonds. The number of aromatic amines is 1. The van der Waals surface area contributed by atoms with Crippen molar-refractivity contribution in [2.75, 3.05) is 13.1 Å². The molecule has 2 aromatic rings. The zero-order chi connectivity index (χ0) is 24.1. The second-order valence-corrected chi connectivity index (χ2v) is 11.1. The molecule has 4 aliphatic rings. The van der Waals surface area contributed by atoms with Gasteiger partial charge in [-0.3, -0.25) is 18.7 Å². The van der Waals surface area contributed by atoms with Gasteiger partial charge in [-0.2, -0.15) is 0 Å². The van der Waals surface area contributed by atoms with Gasteiger partial charge in [-0.15, -0.1) is 0 Å². The summed E-state index contributed by atoms with van der Waals surface area (Å²) in [7, 11) is 0. The maximum atomic E-state index is 13.4. The molecule has 0 saturated heterocycles. The van der Waals surface area contributed by atoms with Crippen LogP contribution < -0.4 is 22.3 Å². The predicted octanol–water partition coefficient (Wildman–Crippen LogP) is 2.01. The van der Waals surface area contributed by atoms with Gasteiger partial charge in [-0.25, -0.2) is 9.78 Å². The van der Waals surface area contributed by atoms with Crippen molar-refractivity contribution < 1.29 is 4.79 Å². The van der Waals surface area contributed by atoms with Crippen LogP contribution in [0.1, 0.15) is 77.5 Å². The van der Waals surface area contributed by atoms with Gasteiger partial charge in [-0.1, -0.05) is 13.8 Å². The fourth-order valence-corrected chi connectivity index (χ4v) is 7.56. The first-order valence-corrected chi connectivity index (χ1v) is 13.1. The number of aromatic nitrogens is 4. The lowest BCUT2D eigenvalue weighted by Gasteiger charge is -2.60. The number of rotatable bonds is 9. The lowest BCUT2D eigenvalue weighted by atomic mass is 9.43. The van der Waals surface area contributed by atoms with Crippen molar-refractivity contribution in [3.63, 3.8) is 0 Å². The van der Waals surface area contributed by atoms with Crippen LogP contribution in [0.15, 0.2) is 9.59 Å². The summed E-state index contributed by atoms with van der Waals surface area (Å²) >= 11 is 0. The molecule has 4 fully saturated rings. The first-order valence-electron chi connectivity index (χ1n) is 13.1. The van der Waals surface area contributed by atoms with E-state index in [4.69, 9.17) is 10.7 Å². The molecule has 9 heteroatoms. The number of carbonyl (C=O) groups is 1. The molecule has 0 spiro atoms. The number of H-pyrrole nitrogens is 1. The molecule has 6 rings (SSSR count). The molecule has 2 heterocycles. The van der Waals surface area contributed by atoms with Gasteiger partial charge in [0.25, 0.3) is 5.56 Å². The van der Waals surface area contributed by atoms with Crippen LogP contribution in [0.25, 0.3) is 11.2 Å². The first kappa shape index (κ1) is 23.3. The molecule has 9 nitrogen and oxygen atoms in total. The first-order chi connectivity index (χ1) is 16.4. The highest BCUT2D eigenvalue weighted by Crippen LogP contribution is 2.65. The van der Waals surface area contributed by atoms with Crippen LogP contribution in [0.5, 0.6) is 0 Å². The van der Waals surface area contributed by atoms with Crippen molar-refractivity contribution >= 4 is 17.1 Å². The number of nitrogens with zero attached hydrogens (tertiary/aromatic N) is 3. The van der Waals surface area contributed by atoms with Gasteiger partial charge in [0, 0.05) is 25.0 Å². The van der Waals surface area contributed by atoms with Gasteiger partial charge in [0.15, 0.2) is 5.65 Å². The van der Waals surface area contributed by atoms with E-state index in [0.29, 0.717) is 55.6 Å². The van der Waals surface area contributed by atoms with E-state index < -0.39 is 0 Å². The largest absolute Gasteiger partial charge is 0.356 e. The Morgan fingerprint density at radius 3 is 2.44 bits per heavy atom. The molecule has 0 radical (unpaired) electrons. The molecule has 4 aliphatic carbocycles. The van der Waals surface area contributed by atoms with Crippen molar-refractivity contribution in [2.45, 2.75) is 90.1 Å². The highest BCUT2D eigenvalue weighted by Gasteiger charge is 2.62. The third kappa shape index (κ3) is 3.54. The van der Waals surface area contributed by atoms with Crippen molar-refractivity contribution in [1.29, 1.82) is 0 Å². The predicted molar refractivity (Wildman–Crippen MR) is 131 cm³/mol. The molecule has 4 N–H and O–H groups in total. The number of nitrogens with one attached hydrogen (secondary N) is 2.